The van der Waals surface area contributed by atoms with Gasteiger partial charge in [-0.3, -0.25) is 14.9 Å². The third-order valence-electron chi connectivity index (χ3n) is 3.55. The van der Waals surface area contributed by atoms with Crippen LogP contribution in [0.1, 0.15) is 11.1 Å². The highest BCUT2D eigenvalue weighted by Gasteiger charge is 2.36. The fourth-order valence-corrected chi connectivity index (χ4v) is 2.55. The summed E-state index contributed by atoms with van der Waals surface area (Å²) in [6, 6.07) is 12.8. The van der Waals surface area contributed by atoms with E-state index in [2.05, 4.69) is 5.32 Å². The van der Waals surface area contributed by atoms with E-state index in [-0.39, 0.29) is 5.57 Å². The van der Waals surface area contributed by atoms with E-state index in [1.54, 1.807) is 48.5 Å². The lowest BCUT2D eigenvalue weighted by molar-refractivity contribution is -0.122. The van der Waals surface area contributed by atoms with Crippen LogP contribution >= 0.6 is 11.6 Å². The number of hydrogen-bond donors (Lipinski definition) is 1. The number of nitrogens with one attached hydrogen (secondary N) is 1. The number of nitrogens with zero attached hydrogens (tertiary/aromatic N) is 1. The predicted molar refractivity (Wildman–Crippen MR) is 91.6 cm³/mol. The zero-order valence-corrected chi connectivity index (χ0v) is 13.5. The molecule has 0 aliphatic carbocycles. The molecule has 3 rings (SSSR count). The maximum absolute atomic E-state index is 12.7. The second-order valence-electron chi connectivity index (χ2n) is 5.35. The topological polar surface area (TPSA) is 66.5 Å². The van der Waals surface area contributed by atoms with E-state index in [9.17, 15) is 14.4 Å². The molecule has 120 valence electrons. The SMILES string of the molecule is Cc1ccc(N2C(=O)NC(=O)/C(=C/c3cccc(Cl)c3)C2=O)cc1. The van der Waals surface area contributed by atoms with Gasteiger partial charge in [-0.15, -0.1) is 0 Å². The smallest absolute Gasteiger partial charge is 0.273 e. The largest absolute Gasteiger partial charge is 0.335 e. The van der Waals surface area contributed by atoms with Gasteiger partial charge in [-0.05, 0) is 42.8 Å². The first-order chi connectivity index (χ1) is 11.5. The summed E-state index contributed by atoms with van der Waals surface area (Å²) in [4.78, 5) is 37.7. The van der Waals surface area contributed by atoms with Crippen LogP contribution in [0.15, 0.2) is 54.1 Å². The quantitative estimate of drug-likeness (QED) is 0.673. The fraction of sp³-hybridized carbons (Fsp3) is 0.0556. The number of hydrogen-bond acceptors (Lipinski definition) is 3. The summed E-state index contributed by atoms with van der Waals surface area (Å²) in [5.74, 6) is -1.40. The second-order valence-corrected chi connectivity index (χ2v) is 5.78. The molecule has 5 nitrogen and oxygen atoms in total. The van der Waals surface area contributed by atoms with Gasteiger partial charge in [-0.2, -0.15) is 0 Å². The minimum atomic E-state index is -0.767. The number of urea groups is 1. The van der Waals surface area contributed by atoms with Crippen molar-refractivity contribution in [2.45, 2.75) is 6.92 Å². The van der Waals surface area contributed by atoms with Crippen LogP contribution in [0.2, 0.25) is 5.02 Å². The van der Waals surface area contributed by atoms with Gasteiger partial charge in [-0.1, -0.05) is 41.4 Å². The summed E-state index contributed by atoms with van der Waals surface area (Å²) in [5, 5.41) is 2.67. The van der Waals surface area contributed by atoms with Gasteiger partial charge in [0.1, 0.15) is 5.57 Å². The number of anilines is 1. The summed E-state index contributed by atoms with van der Waals surface area (Å²) >= 11 is 5.92. The first-order valence-electron chi connectivity index (χ1n) is 7.19. The molecular weight excluding hydrogens is 328 g/mol. The van der Waals surface area contributed by atoms with Gasteiger partial charge in [-0.25, -0.2) is 9.69 Å². The molecule has 0 radical (unpaired) electrons. The highest BCUT2D eigenvalue weighted by atomic mass is 35.5. The first-order valence-corrected chi connectivity index (χ1v) is 7.57. The van der Waals surface area contributed by atoms with E-state index in [0.717, 1.165) is 10.5 Å². The van der Waals surface area contributed by atoms with Crippen LogP contribution in [0, 0.1) is 6.92 Å². The Labute approximate surface area is 143 Å². The Morgan fingerprint density at radius 3 is 2.42 bits per heavy atom. The number of rotatable bonds is 2. The molecule has 1 N–H and O–H groups in total. The summed E-state index contributed by atoms with van der Waals surface area (Å²) in [6.07, 6.45) is 1.41. The average molecular weight is 341 g/mol. The van der Waals surface area contributed by atoms with Gasteiger partial charge < -0.3 is 0 Å². The normalized spacial score (nSPS) is 16.5. The number of carbonyl (C=O) groups is 3. The minimum Gasteiger partial charge on any atom is -0.273 e. The van der Waals surface area contributed by atoms with Crippen molar-refractivity contribution in [3.05, 3.63) is 70.3 Å². The number of aryl methyl sites for hydroxylation is 1. The number of halogens is 1. The number of imide groups is 2. The number of barbiturate groups is 1. The van der Waals surface area contributed by atoms with Crippen LogP contribution in [-0.4, -0.2) is 17.8 Å². The summed E-state index contributed by atoms with van der Waals surface area (Å²) in [5.41, 5.74) is 1.86. The molecule has 2 aromatic carbocycles. The molecule has 24 heavy (non-hydrogen) atoms. The predicted octanol–water partition coefficient (Wildman–Crippen LogP) is 3.31. The molecule has 0 bridgehead atoms. The van der Waals surface area contributed by atoms with Crippen LogP contribution < -0.4 is 10.2 Å². The lowest BCUT2D eigenvalue weighted by Gasteiger charge is -2.26. The second kappa shape index (κ2) is 6.29. The van der Waals surface area contributed by atoms with E-state index in [0.29, 0.717) is 16.3 Å². The van der Waals surface area contributed by atoms with E-state index < -0.39 is 17.8 Å². The van der Waals surface area contributed by atoms with E-state index in [1.165, 1.54) is 6.08 Å². The minimum absolute atomic E-state index is 0.127. The van der Waals surface area contributed by atoms with Gasteiger partial charge in [0, 0.05) is 5.02 Å². The summed E-state index contributed by atoms with van der Waals surface area (Å²) < 4.78 is 0. The highest BCUT2D eigenvalue weighted by Crippen LogP contribution is 2.22. The van der Waals surface area contributed by atoms with Crippen molar-refractivity contribution in [3.8, 4) is 0 Å². The Morgan fingerprint density at radius 1 is 1.04 bits per heavy atom. The standard InChI is InChI=1S/C18H13ClN2O3/c1-11-5-7-14(8-6-11)21-17(23)15(16(22)20-18(21)24)10-12-3-2-4-13(19)9-12/h2-10H,1H3,(H,20,22,24)/b15-10-. The van der Waals surface area contributed by atoms with E-state index in [1.807, 2.05) is 6.92 Å². The molecular formula is C18H13ClN2O3. The average Bonchev–Trinajstić information content (AvgIpc) is 2.53. The molecule has 0 spiro atoms. The molecule has 1 aliphatic heterocycles. The van der Waals surface area contributed by atoms with Crippen molar-refractivity contribution < 1.29 is 14.4 Å². The maximum atomic E-state index is 12.7. The van der Waals surface area contributed by atoms with Crippen LogP contribution in [0.3, 0.4) is 0 Å². The van der Waals surface area contributed by atoms with E-state index >= 15 is 0 Å². The zero-order chi connectivity index (χ0) is 17.3. The summed E-state index contributed by atoms with van der Waals surface area (Å²) in [6.45, 7) is 1.90. The lowest BCUT2D eigenvalue weighted by Crippen LogP contribution is -2.54. The van der Waals surface area contributed by atoms with Gasteiger partial charge in [0.05, 0.1) is 5.69 Å². The third kappa shape index (κ3) is 3.07. The van der Waals surface area contributed by atoms with Crippen molar-refractivity contribution in [1.82, 2.24) is 5.32 Å². The lowest BCUT2D eigenvalue weighted by atomic mass is 10.1. The van der Waals surface area contributed by atoms with Crippen LogP contribution in [0.25, 0.3) is 6.08 Å². The maximum Gasteiger partial charge on any atom is 0.335 e. The van der Waals surface area contributed by atoms with Crippen molar-refractivity contribution in [1.29, 1.82) is 0 Å². The number of amides is 4. The van der Waals surface area contributed by atoms with Gasteiger partial charge in [0.15, 0.2) is 0 Å². The fourth-order valence-electron chi connectivity index (χ4n) is 2.35. The molecule has 0 atom stereocenters. The molecule has 0 aromatic heterocycles. The highest BCUT2D eigenvalue weighted by molar-refractivity contribution is 6.39. The van der Waals surface area contributed by atoms with Gasteiger partial charge in [0.2, 0.25) is 0 Å². The monoisotopic (exact) mass is 340 g/mol. The third-order valence-corrected chi connectivity index (χ3v) is 3.79. The molecule has 0 saturated carbocycles. The number of benzene rings is 2. The van der Waals surface area contributed by atoms with Gasteiger partial charge in [0.25, 0.3) is 11.8 Å². The Kier molecular flexibility index (Phi) is 4.18. The van der Waals surface area contributed by atoms with Crippen molar-refractivity contribution in [2.24, 2.45) is 0 Å². The number of carbonyl (C=O) groups excluding carboxylic acids is 3. The van der Waals surface area contributed by atoms with Crippen molar-refractivity contribution in [3.63, 3.8) is 0 Å². The Balaban J connectivity index is 2.01. The van der Waals surface area contributed by atoms with Crippen LogP contribution in [0.5, 0.6) is 0 Å². The van der Waals surface area contributed by atoms with Crippen molar-refractivity contribution >= 4 is 41.2 Å². The molecule has 0 unspecified atom stereocenters. The molecule has 1 fully saturated rings. The zero-order valence-electron chi connectivity index (χ0n) is 12.7. The van der Waals surface area contributed by atoms with Crippen LogP contribution in [-0.2, 0) is 9.59 Å². The molecule has 1 heterocycles. The summed E-state index contributed by atoms with van der Waals surface area (Å²) in [7, 11) is 0. The van der Waals surface area contributed by atoms with Crippen molar-refractivity contribution in [2.75, 3.05) is 4.90 Å². The molecule has 2 aromatic rings. The van der Waals surface area contributed by atoms with Crippen LogP contribution in [0.4, 0.5) is 10.5 Å². The Morgan fingerprint density at radius 2 is 1.75 bits per heavy atom. The molecule has 1 aliphatic rings. The molecule has 1 saturated heterocycles. The Bertz CT molecular complexity index is 872. The van der Waals surface area contributed by atoms with E-state index in [4.69, 9.17) is 11.6 Å². The molecule has 6 heteroatoms. The van der Waals surface area contributed by atoms with Gasteiger partial charge >= 0.3 is 6.03 Å². The first kappa shape index (κ1) is 16.0. The molecule has 4 amide bonds. The Hall–Kier alpha value is -2.92.